The molecule has 0 atom stereocenters. The van der Waals surface area contributed by atoms with Crippen LogP contribution in [0.25, 0.3) is 0 Å². The molecule has 0 saturated carbocycles. The van der Waals surface area contributed by atoms with Crippen molar-refractivity contribution in [1.29, 1.82) is 0 Å². The van der Waals surface area contributed by atoms with Crippen LogP contribution in [0.1, 0.15) is 27.2 Å². The molecule has 0 aliphatic heterocycles. The Morgan fingerprint density at radius 3 is 2.31 bits per heavy atom. The van der Waals surface area contributed by atoms with Gasteiger partial charge < -0.3 is 10.4 Å². The van der Waals surface area contributed by atoms with E-state index in [0.29, 0.717) is 12.3 Å². The van der Waals surface area contributed by atoms with Crippen LogP contribution in [0, 0.1) is 5.92 Å². The molecular weight excluding hydrogens is 170 g/mol. The lowest BCUT2D eigenvalue weighted by Crippen LogP contribution is -2.24. The zero-order valence-electron chi connectivity index (χ0n) is 8.13. The number of carboxylic acid groups (broad SMARTS) is 1. The Labute approximate surface area is 77.6 Å². The monoisotopic (exact) mass is 185 g/mol. The van der Waals surface area contributed by atoms with Crippen LogP contribution in [0.2, 0.25) is 0 Å². The number of nitrogens with one attached hydrogen (secondary N) is 1. The van der Waals surface area contributed by atoms with E-state index < -0.39 is 5.97 Å². The summed E-state index contributed by atoms with van der Waals surface area (Å²) >= 11 is 0. The molecule has 0 aromatic carbocycles. The Bertz CT molecular complexity index is 231. The Morgan fingerprint density at radius 2 is 2.00 bits per heavy atom. The van der Waals surface area contributed by atoms with Crippen molar-refractivity contribution in [3.63, 3.8) is 0 Å². The van der Waals surface area contributed by atoms with Crippen molar-refractivity contribution in [2.75, 3.05) is 0 Å². The van der Waals surface area contributed by atoms with Gasteiger partial charge in [0.1, 0.15) is 5.70 Å². The van der Waals surface area contributed by atoms with Crippen molar-refractivity contribution in [2.45, 2.75) is 27.2 Å². The second kappa shape index (κ2) is 5.35. The molecule has 0 aromatic heterocycles. The van der Waals surface area contributed by atoms with E-state index in [2.05, 4.69) is 5.32 Å². The SMILES string of the molecule is CC(=O)NC(=CCC(C)C)C(=O)O. The van der Waals surface area contributed by atoms with Crippen molar-refractivity contribution in [2.24, 2.45) is 5.92 Å². The number of amides is 1. The molecule has 0 heterocycles. The number of hydrogen-bond donors (Lipinski definition) is 2. The zero-order chi connectivity index (χ0) is 10.4. The first-order valence-electron chi connectivity index (χ1n) is 4.14. The van der Waals surface area contributed by atoms with Gasteiger partial charge in [-0.05, 0) is 12.3 Å². The van der Waals surface area contributed by atoms with Crippen molar-refractivity contribution in [1.82, 2.24) is 5.32 Å². The van der Waals surface area contributed by atoms with Gasteiger partial charge in [0.25, 0.3) is 0 Å². The molecule has 13 heavy (non-hydrogen) atoms. The topological polar surface area (TPSA) is 66.4 Å². The first-order valence-corrected chi connectivity index (χ1v) is 4.14. The van der Waals surface area contributed by atoms with Crippen LogP contribution in [-0.2, 0) is 9.59 Å². The molecule has 4 nitrogen and oxygen atoms in total. The van der Waals surface area contributed by atoms with Crippen LogP contribution in [-0.4, -0.2) is 17.0 Å². The summed E-state index contributed by atoms with van der Waals surface area (Å²) in [5, 5.41) is 10.9. The summed E-state index contributed by atoms with van der Waals surface area (Å²) in [4.78, 5) is 21.2. The number of carboxylic acids is 1. The van der Waals surface area contributed by atoms with Crippen LogP contribution in [0.4, 0.5) is 0 Å². The Balaban J connectivity index is 4.32. The van der Waals surface area contributed by atoms with E-state index in [0.717, 1.165) is 0 Å². The van der Waals surface area contributed by atoms with E-state index in [9.17, 15) is 9.59 Å². The highest BCUT2D eigenvalue weighted by Gasteiger charge is 2.07. The average molecular weight is 185 g/mol. The molecule has 0 saturated heterocycles. The fourth-order valence-electron chi connectivity index (χ4n) is 0.735. The molecule has 4 heteroatoms. The molecule has 1 amide bonds. The third-order valence-corrected chi connectivity index (χ3v) is 1.33. The highest BCUT2D eigenvalue weighted by atomic mass is 16.4. The first-order chi connectivity index (χ1) is 5.93. The van der Waals surface area contributed by atoms with E-state index in [1.54, 1.807) is 0 Å². The van der Waals surface area contributed by atoms with Gasteiger partial charge in [0.05, 0.1) is 0 Å². The summed E-state index contributed by atoms with van der Waals surface area (Å²) in [6.07, 6.45) is 2.16. The summed E-state index contributed by atoms with van der Waals surface area (Å²) in [6, 6.07) is 0. The predicted molar refractivity (Wildman–Crippen MR) is 49.0 cm³/mol. The molecule has 74 valence electrons. The van der Waals surface area contributed by atoms with Crippen molar-refractivity contribution < 1.29 is 14.7 Å². The van der Waals surface area contributed by atoms with Crippen molar-refractivity contribution in [3.8, 4) is 0 Å². The molecule has 0 rings (SSSR count). The maximum absolute atomic E-state index is 10.6. The lowest BCUT2D eigenvalue weighted by molar-refractivity contribution is -0.134. The van der Waals surface area contributed by atoms with Gasteiger partial charge in [-0.25, -0.2) is 4.79 Å². The summed E-state index contributed by atoms with van der Waals surface area (Å²) in [5.41, 5.74) is -0.0406. The highest BCUT2D eigenvalue weighted by molar-refractivity contribution is 5.91. The Kier molecular flexibility index (Phi) is 4.80. The largest absolute Gasteiger partial charge is 0.477 e. The molecule has 0 spiro atoms. The summed E-state index contributed by atoms with van der Waals surface area (Å²) in [5.74, 6) is -1.09. The Hall–Kier alpha value is -1.32. The molecule has 0 unspecified atom stereocenters. The third-order valence-electron chi connectivity index (χ3n) is 1.33. The van der Waals surface area contributed by atoms with Crippen molar-refractivity contribution in [3.05, 3.63) is 11.8 Å². The van der Waals surface area contributed by atoms with Gasteiger partial charge in [-0.1, -0.05) is 19.9 Å². The average Bonchev–Trinajstić information content (AvgIpc) is 1.96. The third kappa shape index (κ3) is 5.90. The minimum atomic E-state index is -1.10. The lowest BCUT2D eigenvalue weighted by Gasteiger charge is -2.03. The molecule has 0 radical (unpaired) electrons. The predicted octanol–water partition coefficient (Wildman–Crippen LogP) is 1.14. The second-order valence-electron chi connectivity index (χ2n) is 3.23. The fraction of sp³-hybridized carbons (Fsp3) is 0.556. The normalized spacial score (nSPS) is 11.5. The molecule has 2 N–H and O–H groups in total. The second-order valence-corrected chi connectivity index (χ2v) is 3.23. The van der Waals surface area contributed by atoms with Crippen LogP contribution in [0.3, 0.4) is 0 Å². The van der Waals surface area contributed by atoms with E-state index in [-0.39, 0.29) is 11.6 Å². The van der Waals surface area contributed by atoms with E-state index in [1.165, 1.54) is 13.0 Å². The first kappa shape index (κ1) is 11.7. The van der Waals surface area contributed by atoms with Crippen LogP contribution < -0.4 is 5.32 Å². The highest BCUT2D eigenvalue weighted by Crippen LogP contribution is 2.02. The van der Waals surface area contributed by atoms with E-state index >= 15 is 0 Å². The number of carbonyl (C=O) groups is 2. The Morgan fingerprint density at radius 1 is 1.46 bits per heavy atom. The van der Waals surface area contributed by atoms with Crippen LogP contribution in [0.15, 0.2) is 11.8 Å². The minimum absolute atomic E-state index is 0.0406. The summed E-state index contributed by atoms with van der Waals surface area (Å²) in [7, 11) is 0. The summed E-state index contributed by atoms with van der Waals surface area (Å²) < 4.78 is 0. The molecular formula is C9H15NO3. The van der Waals surface area contributed by atoms with E-state index in [4.69, 9.17) is 5.11 Å². The maximum Gasteiger partial charge on any atom is 0.352 e. The zero-order valence-corrected chi connectivity index (χ0v) is 8.13. The maximum atomic E-state index is 10.6. The molecule has 0 bridgehead atoms. The molecule has 0 fully saturated rings. The van der Waals surface area contributed by atoms with Crippen molar-refractivity contribution >= 4 is 11.9 Å². The summed E-state index contributed by atoms with van der Waals surface area (Å²) in [6.45, 7) is 5.24. The van der Waals surface area contributed by atoms with Gasteiger partial charge in [0, 0.05) is 6.92 Å². The van der Waals surface area contributed by atoms with Crippen LogP contribution >= 0.6 is 0 Å². The fourth-order valence-corrected chi connectivity index (χ4v) is 0.735. The van der Waals surface area contributed by atoms with Gasteiger partial charge in [-0.15, -0.1) is 0 Å². The van der Waals surface area contributed by atoms with E-state index in [1.807, 2.05) is 13.8 Å². The smallest absolute Gasteiger partial charge is 0.352 e. The van der Waals surface area contributed by atoms with Gasteiger partial charge >= 0.3 is 5.97 Å². The molecule has 0 aromatic rings. The quantitative estimate of drug-likeness (QED) is 0.645. The number of carbonyl (C=O) groups excluding carboxylic acids is 1. The molecule has 0 aliphatic carbocycles. The number of hydrogen-bond acceptors (Lipinski definition) is 2. The number of aliphatic carboxylic acids is 1. The van der Waals surface area contributed by atoms with Gasteiger partial charge in [-0.2, -0.15) is 0 Å². The standard InChI is InChI=1S/C9H15NO3/c1-6(2)4-5-8(9(12)13)10-7(3)11/h5-6H,4H2,1-3H3,(H,10,11)(H,12,13). The lowest BCUT2D eigenvalue weighted by atomic mass is 10.1. The van der Waals surface area contributed by atoms with Gasteiger partial charge in [-0.3, -0.25) is 4.79 Å². The van der Waals surface area contributed by atoms with Gasteiger partial charge in [0.2, 0.25) is 5.91 Å². The van der Waals surface area contributed by atoms with Gasteiger partial charge in [0.15, 0.2) is 0 Å². The molecule has 0 aliphatic rings. The minimum Gasteiger partial charge on any atom is -0.477 e. The van der Waals surface area contributed by atoms with Crippen LogP contribution in [0.5, 0.6) is 0 Å². The number of rotatable bonds is 4. The number of allylic oxidation sites excluding steroid dienone is 1.